The van der Waals surface area contributed by atoms with Gasteiger partial charge in [0, 0.05) is 15.7 Å². The molecule has 0 radical (unpaired) electrons. The summed E-state index contributed by atoms with van der Waals surface area (Å²) in [6.45, 7) is 8.44. The van der Waals surface area contributed by atoms with Crippen LogP contribution in [0.3, 0.4) is 0 Å². The van der Waals surface area contributed by atoms with Crippen LogP contribution in [-0.4, -0.2) is 16.1 Å². The summed E-state index contributed by atoms with van der Waals surface area (Å²) in [5.74, 6) is -0.117. The lowest BCUT2D eigenvalue weighted by atomic mass is 10.1. The van der Waals surface area contributed by atoms with Crippen LogP contribution in [0.5, 0.6) is 0 Å². The van der Waals surface area contributed by atoms with Gasteiger partial charge in [0.15, 0.2) is 5.13 Å². The molecule has 0 saturated carbocycles. The monoisotopic (exact) mass is 356 g/mol. The number of thioether (sulfide) groups is 1. The molecule has 0 aliphatic rings. The molecule has 0 bridgehead atoms. The van der Waals surface area contributed by atoms with E-state index in [1.165, 1.54) is 22.5 Å². The number of hydrogen-bond acceptors (Lipinski definition) is 4. The highest BCUT2D eigenvalue weighted by atomic mass is 32.2. The number of hydrogen-bond donors (Lipinski definition) is 1. The van der Waals surface area contributed by atoms with Crippen LogP contribution in [0.25, 0.3) is 10.2 Å². The van der Waals surface area contributed by atoms with Crippen LogP contribution < -0.4 is 5.32 Å². The third-order valence-electron chi connectivity index (χ3n) is 3.69. The van der Waals surface area contributed by atoms with E-state index in [1.54, 1.807) is 11.8 Å². The van der Waals surface area contributed by atoms with Gasteiger partial charge in [-0.25, -0.2) is 4.98 Å². The summed E-state index contributed by atoms with van der Waals surface area (Å²) >= 11 is 3.26. The topological polar surface area (TPSA) is 42.0 Å². The van der Waals surface area contributed by atoms with E-state index in [0.717, 1.165) is 15.1 Å². The van der Waals surface area contributed by atoms with Gasteiger partial charge in [-0.15, -0.1) is 11.8 Å². The molecular weight excluding hydrogens is 336 g/mol. The van der Waals surface area contributed by atoms with E-state index in [9.17, 15) is 4.79 Å². The Balaban J connectivity index is 1.82. The maximum Gasteiger partial charge on any atom is 0.257 e. The van der Waals surface area contributed by atoms with Crippen LogP contribution in [-0.2, 0) is 0 Å². The van der Waals surface area contributed by atoms with E-state index in [1.807, 2.05) is 24.3 Å². The lowest BCUT2D eigenvalue weighted by Gasteiger charge is -2.07. The van der Waals surface area contributed by atoms with Gasteiger partial charge in [-0.05, 0) is 55.3 Å². The fourth-order valence-corrected chi connectivity index (χ4v) is 4.22. The Labute approximate surface area is 150 Å². The zero-order chi connectivity index (χ0) is 17.3. The number of thiazole rings is 1. The highest BCUT2D eigenvalue weighted by Gasteiger charge is 2.11. The zero-order valence-electron chi connectivity index (χ0n) is 14.2. The van der Waals surface area contributed by atoms with Crippen molar-refractivity contribution in [3.63, 3.8) is 0 Å². The van der Waals surface area contributed by atoms with Crippen LogP contribution in [0, 0.1) is 13.8 Å². The van der Waals surface area contributed by atoms with Crippen molar-refractivity contribution in [3.05, 3.63) is 53.1 Å². The Bertz CT molecular complexity index is 861. The van der Waals surface area contributed by atoms with Gasteiger partial charge in [-0.1, -0.05) is 31.3 Å². The van der Waals surface area contributed by atoms with E-state index in [0.29, 0.717) is 15.9 Å². The molecule has 3 rings (SSSR count). The molecule has 0 fully saturated rings. The number of benzene rings is 2. The highest BCUT2D eigenvalue weighted by molar-refractivity contribution is 7.99. The predicted molar refractivity (Wildman–Crippen MR) is 104 cm³/mol. The number of amides is 1. The third-order valence-corrected chi connectivity index (χ3v) is 5.62. The van der Waals surface area contributed by atoms with Crippen LogP contribution in [0.1, 0.15) is 35.3 Å². The van der Waals surface area contributed by atoms with Crippen molar-refractivity contribution in [2.75, 3.05) is 5.32 Å². The number of carbonyl (C=O) groups is 1. The number of aryl methyl sites for hydroxylation is 2. The van der Waals surface area contributed by atoms with Crippen LogP contribution in [0.2, 0.25) is 0 Å². The van der Waals surface area contributed by atoms with Crippen molar-refractivity contribution >= 4 is 44.4 Å². The van der Waals surface area contributed by atoms with Gasteiger partial charge in [0.2, 0.25) is 0 Å². The van der Waals surface area contributed by atoms with E-state index >= 15 is 0 Å². The maximum absolute atomic E-state index is 12.5. The normalized spacial score (nSPS) is 11.2. The van der Waals surface area contributed by atoms with E-state index in [-0.39, 0.29) is 5.91 Å². The third kappa shape index (κ3) is 3.79. The molecule has 0 aliphatic heterocycles. The molecule has 0 unspecified atom stereocenters. The first kappa shape index (κ1) is 17.0. The smallest absolute Gasteiger partial charge is 0.257 e. The van der Waals surface area contributed by atoms with Crippen LogP contribution in [0.15, 0.2) is 41.3 Å². The van der Waals surface area contributed by atoms with E-state index in [2.05, 4.69) is 50.1 Å². The minimum absolute atomic E-state index is 0.117. The first-order chi connectivity index (χ1) is 11.4. The quantitative estimate of drug-likeness (QED) is 0.613. The van der Waals surface area contributed by atoms with Crippen molar-refractivity contribution in [1.82, 2.24) is 4.98 Å². The first-order valence-electron chi connectivity index (χ1n) is 7.88. The lowest BCUT2D eigenvalue weighted by Crippen LogP contribution is -2.11. The second-order valence-electron chi connectivity index (χ2n) is 6.07. The Morgan fingerprint density at radius 2 is 1.92 bits per heavy atom. The van der Waals surface area contributed by atoms with Gasteiger partial charge in [0.25, 0.3) is 5.91 Å². The molecule has 2 aromatic carbocycles. The molecule has 3 nitrogen and oxygen atoms in total. The fraction of sp³-hybridized carbons (Fsp3) is 0.263. The number of fused-ring (bicyclic) bond motifs is 1. The highest BCUT2D eigenvalue weighted by Crippen LogP contribution is 2.29. The van der Waals surface area contributed by atoms with Crippen LogP contribution >= 0.6 is 23.1 Å². The van der Waals surface area contributed by atoms with Gasteiger partial charge < -0.3 is 0 Å². The van der Waals surface area contributed by atoms with Gasteiger partial charge >= 0.3 is 0 Å². The molecule has 0 aliphatic carbocycles. The number of nitrogens with one attached hydrogen (secondary N) is 1. The van der Waals surface area contributed by atoms with Crippen molar-refractivity contribution in [2.24, 2.45) is 0 Å². The SMILES string of the molecule is Cc1cc2nc(NC(=O)c3cccc(SC(C)C)c3)sc2cc1C. The molecule has 124 valence electrons. The number of nitrogens with zero attached hydrogens (tertiary/aromatic N) is 1. The summed E-state index contributed by atoms with van der Waals surface area (Å²) in [5.41, 5.74) is 4.04. The average molecular weight is 357 g/mol. The van der Waals surface area contributed by atoms with Crippen molar-refractivity contribution in [2.45, 2.75) is 37.8 Å². The molecule has 0 saturated heterocycles. The molecule has 1 N–H and O–H groups in total. The maximum atomic E-state index is 12.5. The van der Waals surface area contributed by atoms with Crippen molar-refractivity contribution in [1.29, 1.82) is 0 Å². The Kier molecular flexibility index (Phi) is 4.92. The number of anilines is 1. The Morgan fingerprint density at radius 1 is 1.17 bits per heavy atom. The molecule has 1 heterocycles. The van der Waals surface area contributed by atoms with Gasteiger partial charge in [0.1, 0.15) is 0 Å². The summed E-state index contributed by atoms with van der Waals surface area (Å²) in [7, 11) is 0. The fourth-order valence-electron chi connectivity index (χ4n) is 2.39. The van der Waals surface area contributed by atoms with E-state index < -0.39 is 0 Å². The Hall–Kier alpha value is -1.85. The summed E-state index contributed by atoms with van der Waals surface area (Å²) in [4.78, 5) is 18.1. The summed E-state index contributed by atoms with van der Waals surface area (Å²) in [6, 6.07) is 11.9. The largest absolute Gasteiger partial charge is 0.298 e. The molecule has 0 atom stereocenters. The molecule has 1 aromatic heterocycles. The predicted octanol–water partition coefficient (Wildman–Crippen LogP) is 5.67. The minimum Gasteiger partial charge on any atom is -0.298 e. The number of aromatic nitrogens is 1. The van der Waals surface area contributed by atoms with Gasteiger partial charge in [-0.2, -0.15) is 0 Å². The molecule has 1 amide bonds. The zero-order valence-corrected chi connectivity index (χ0v) is 15.8. The van der Waals surface area contributed by atoms with Crippen molar-refractivity contribution in [3.8, 4) is 0 Å². The summed E-state index contributed by atoms with van der Waals surface area (Å²) in [5, 5.41) is 4.05. The number of carbonyl (C=O) groups excluding carboxylic acids is 1. The lowest BCUT2D eigenvalue weighted by molar-refractivity contribution is 0.102. The molecule has 3 aromatic rings. The van der Waals surface area contributed by atoms with Gasteiger partial charge in [-0.3, -0.25) is 10.1 Å². The standard InChI is InChI=1S/C19H20N2OS2/c1-11(2)23-15-7-5-6-14(10-15)18(22)21-19-20-16-8-12(3)13(4)9-17(16)24-19/h5-11H,1-4H3,(H,20,21,22). The molecular formula is C19H20N2OS2. The number of rotatable bonds is 4. The summed E-state index contributed by atoms with van der Waals surface area (Å²) in [6.07, 6.45) is 0. The molecule has 0 spiro atoms. The van der Waals surface area contributed by atoms with Gasteiger partial charge in [0.05, 0.1) is 10.2 Å². The summed E-state index contributed by atoms with van der Waals surface area (Å²) < 4.78 is 1.09. The Morgan fingerprint density at radius 3 is 2.67 bits per heavy atom. The molecule has 5 heteroatoms. The van der Waals surface area contributed by atoms with E-state index in [4.69, 9.17) is 0 Å². The van der Waals surface area contributed by atoms with Crippen LogP contribution in [0.4, 0.5) is 5.13 Å². The molecule has 24 heavy (non-hydrogen) atoms. The minimum atomic E-state index is -0.117. The second kappa shape index (κ2) is 6.95. The first-order valence-corrected chi connectivity index (χ1v) is 9.58. The van der Waals surface area contributed by atoms with Crippen molar-refractivity contribution < 1.29 is 4.79 Å². The second-order valence-corrected chi connectivity index (χ2v) is 8.75. The average Bonchev–Trinajstić information content (AvgIpc) is 2.88.